The second kappa shape index (κ2) is 9.92. The van der Waals surface area contributed by atoms with E-state index in [9.17, 15) is 4.79 Å². The van der Waals surface area contributed by atoms with Crippen molar-refractivity contribution in [2.24, 2.45) is 5.41 Å². The Bertz CT molecular complexity index is 1060. The Labute approximate surface area is 189 Å². The summed E-state index contributed by atoms with van der Waals surface area (Å²) in [6.45, 7) is 2.42. The van der Waals surface area contributed by atoms with Crippen LogP contribution in [0.2, 0.25) is 0 Å². The van der Waals surface area contributed by atoms with E-state index in [1.165, 1.54) is 6.33 Å². The van der Waals surface area contributed by atoms with E-state index < -0.39 is 5.41 Å². The zero-order chi connectivity index (χ0) is 22.4. The second-order valence-corrected chi connectivity index (χ2v) is 8.45. The topological polar surface area (TPSA) is 67.4 Å². The molecule has 0 aliphatic carbocycles. The summed E-state index contributed by atoms with van der Waals surface area (Å²) in [6, 6.07) is 16.4. The molecule has 0 spiro atoms. The fraction of sp³-hybridized carbons (Fsp3) is 0.346. The monoisotopic (exact) mass is 430 g/mol. The minimum Gasteiger partial charge on any atom is -0.496 e. The van der Waals surface area contributed by atoms with Gasteiger partial charge in [0.15, 0.2) is 0 Å². The number of carbonyl (C=O) groups is 1. The molecular formula is C26H30N4O2. The predicted octanol–water partition coefficient (Wildman–Crippen LogP) is 3.72. The van der Waals surface area contributed by atoms with E-state index in [0.29, 0.717) is 13.0 Å². The van der Waals surface area contributed by atoms with E-state index >= 15 is 0 Å². The molecule has 1 saturated heterocycles. The molecule has 1 amide bonds. The number of nitrogens with zero attached hydrogens (tertiary/aromatic N) is 3. The smallest absolute Gasteiger partial charge is 0.227 e. The van der Waals surface area contributed by atoms with Gasteiger partial charge in [0.2, 0.25) is 5.91 Å². The molecule has 1 fully saturated rings. The van der Waals surface area contributed by atoms with Crippen LogP contribution in [-0.4, -0.2) is 48.0 Å². The van der Waals surface area contributed by atoms with Crippen molar-refractivity contribution in [3.05, 3.63) is 78.4 Å². The Morgan fingerprint density at radius 3 is 2.56 bits per heavy atom. The van der Waals surface area contributed by atoms with Gasteiger partial charge in [0.1, 0.15) is 12.1 Å². The highest BCUT2D eigenvalue weighted by Gasteiger charge is 2.42. The zero-order valence-electron chi connectivity index (χ0n) is 18.8. The Kier molecular flexibility index (Phi) is 6.81. The number of rotatable bonds is 7. The van der Waals surface area contributed by atoms with Crippen molar-refractivity contribution in [2.45, 2.75) is 25.8 Å². The lowest BCUT2D eigenvalue weighted by atomic mass is 9.73. The first-order chi connectivity index (χ1) is 15.6. The molecular weight excluding hydrogens is 400 g/mol. The summed E-state index contributed by atoms with van der Waals surface area (Å²) >= 11 is 0. The van der Waals surface area contributed by atoms with Crippen LogP contribution in [0.15, 0.2) is 67.3 Å². The number of likely N-dealkylation sites (tertiary alicyclic amines) is 1. The van der Waals surface area contributed by atoms with Crippen molar-refractivity contribution in [1.29, 1.82) is 0 Å². The Morgan fingerprint density at radius 1 is 1.09 bits per heavy atom. The maximum Gasteiger partial charge on any atom is 0.227 e. The van der Waals surface area contributed by atoms with Crippen molar-refractivity contribution < 1.29 is 9.53 Å². The summed E-state index contributed by atoms with van der Waals surface area (Å²) < 4.78 is 5.55. The van der Waals surface area contributed by atoms with Gasteiger partial charge < -0.3 is 10.1 Å². The van der Waals surface area contributed by atoms with Gasteiger partial charge in [-0.1, -0.05) is 42.5 Å². The molecule has 0 radical (unpaired) electrons. The third kappa shape index (κ3) is 4.65. The quantitative estimate of drug-likeness (QED) is 0.619. The molecule has 1 aromatic heterocycles. The molecule has 1 aliphatic rings. The molecule has 3 aromatic rings. The summed E-state index contributed by atoms with van der Waals surface area (Å²) in [5.41, 5.74) is 3.84. The van der Waals surface area contributed by atoms with E-state index in [0.717, 1.165) is 53.9 Å². The average molecular weight is 431 g/mol. The zero-order valence-corrected chi connectivity index (χ0v) is 18.8. The lowest BCUT2D eigenvalue weighted by molar-refractivity contribution is -0.134. The summed E-state index contributed by atoms with van der Waals surface area (Å²) in [5.74, 6) is 0.986. The largest absolute Gasteiger partial charge is 0.496 e. The molecule has 6 nitrogen and oxygen atoms in total. The van der Waals surface area contributed by atoms with Crippen LogP contribution >= 0.6 is 0 Å². The normalized spacial score (nSPS) is 18.8. The Balaban J connectivity index is 1.63. The standard InChI is InChI=1S/C26H30N4O2/c1-27-25(31)26(14-20-8-3-5-10-23(20)22-15-28-19-29-16-22)12-7-13-30(18-26)17-21-9-4-6-11-24(21)32-2/h3-6,8-11,15-16,19H,7,12-14,17-18H2,1-2H3,(H,27,31)/t26-/m1/s1. The number of para-hydroxylation sites is 1. The molecule has 1 aliphatic heterocycles. The van der Waals surface area contributed by atoms with E-state index in [-0.39, 0.29) is 5.91 Å². The summed E-state index contributed by atoms with van der Waals surface area (Å²) in [4.78, 5) is 24.0. The van der Waals surface area contributed by atoms with Crippen molar-refractivity contribution in [3.8, 4) is 16.9 Å². The van der Waals surface area contributed by atoms with Gasteiger partial charge in [-0.2, -0.15) is 0 Å². The fourth-order valence-electron chi connectivity index (χ4n) is 4.87. The van der Waals surface area contributed by atoms with Crippen molar-refractivity contribution in [3.63, 3.8) is 0 Å². The van der Waals surface area contributed by atoms with Gasteiger partial charge in [-0.3, -0.25) is 9.69 Å². The highest BCUT2D eigenvalue weighted by Crippen LogP contribution is 2.37. The molecule has 32 heavy (non-hydrogen) atoms. The summed E-state index contributed by atoms with van der Waals surface area (Å²) in [7, 11) is 3.44. The van der Waals surface area contributed by atoms with Gasteiger partial charge in [-0.15, -0.1) is 0 Å². The third-order valence-electron chi connectivity index (χ3n) is 6.37. The van der Waals surface area contributed by atoms with Gasteiger partial charge in [-0.05, 0) is 43.0 Å². The van der Waals surface area contributed by atoms with E-state index in [1.54, 1.807) is 14.2 Å². The van der Waals surface area contributed by atoms with E-state index in [4.69, 9.17) is 4.74 Å². The van der Waals surface area contributed by atoms with E-state index in [1.807, 2.05) is 42.7 Å². The van der Waals surface area contributed by atoms with E-state index in [2.05, 4.69) is 38.4 Å². The second-order valence-electron chi connectivity index (χ2n) is 8.45. The van der Waals surface area contributed by atoms with Crippen LogP contribution in [0.25, 0.3) is 11.1 Å². The molecule has 0 saturated carbocycles. The number of benzene rings is 2. The van der Waals surface area contributed by atoms with Gasteiger partial charge in [0.05, 0.1) is 12.5 Å². The highest BCUT2D eigenvalue weighted by atomic mass is 16.5. The number of piperidine rings is 1. The van der Waals surface area contributed by atoms with Crippen LogP contribution in [0.4, 0.5) is 0 Å². The van der Waals surface area contributed by atoms with Crippen molar-refractivity contribution >= 4 is 5.91 Å². The Hall–Kier alpha value is -3.25. The van der Waals surface area contributed by atoms with Crippen LogP contribution in [0.5, 0.6) is 5.75 Å². The molecule has 0 bridgehead atoms. The number of methoxy groups -OCH3 is 1. The lowest BCUT2D eigenvalue weighted by Gasteiger charge is -2.42. The first kappa shape index (κ1) is 22.0. The maximum absolute atomic E-state index is 13.3. The maximum atomic E-state index is 13.3. The van der Waals surface area contributed by atoms with Gasteiger partial charge in [-0.25, -0.2) is 9.97 Å². The highest BCUT2D eigenvalue weighted by molar-refractivity contribution is 5.83. The minimum absolute atomic E-state index is 0.0985. The average Bonchev–Trinajstić information content (AvgIpc) is 2.85. The molecule has 1 atom stereocenters. The number of hydrogen-bond acceptors (Lipinski definition) is 5. The predicted molar refractivity (Wildman–Crippen MR) is 125 cm³/mol. The van der Waals surface area contributed by atoms with Gasteiger partial charge in [0, 0.05) is 43.7 Å². The molecule has 2 heterocycles. The van der Waals surface area contributed by atoms with Gasteiger partial charge >= 0.3 is 0 Å². The first-order valence-electron chi connectivity index (χ1n) is 11.0. The number of aromatic nitrogens is 2. The molecule has 166 valence electrons. The molecule has 0 unspecified atom stereocenters. The lowest BCUT2D eigenvalue weighted by Crippen LogP contribution is -2.52. The Morgan fingerprint density at radius 2 is 1.81 bits per heavy atom. The van der Waals surface area contributed by atoms with Crippen molar-refractivity contribution in [1.82, 2.24) is 20.2 Å². The van der Waals surface area contributed by atoms with Crippen molar-refractivity contribution in [2.75, 3.05) is 27.2 Å². The molecule has 2 aromatic carbocycles. The first-order valence-corrected chi connectivity index (χ1v) is 11.0. The van der Waals surface area contributed by atoms with Crippen LogP contribution in [0.3, 0.4) is 0 Å². The summed E-state index contributed by atoms with van der Waals surface area (Å²) in [6.07, 6.45) is 7.68. The third-order valence-corrected chi connectivity index (χ3v) is 6.37. The number of carbonyl (C=O) groups excluding carboxylic acids is 1. The van der Waals surface area contributed by atoms with Crippen LogP contribution < -0.4 is 10.1 Å². The molecule has 1 N–H and O–H groups in total. The van der Waals surface area contributed by atoms with Crippen LogP contribution in [0, 0.1) is 5.41 Å². The molecule has 4 rings (SSSR count). The van der Waals surface area contributed by atoms with Crippen LogP contribution in [-0.2, 0) is 17.8 Å². The van der Waals surface area contributed by atoms with Crippen LogP contribution in [0.1, 0.15) is 24.0 Å². The van der Waals surface area contributed by atoms with Gasteiger partial charge in [0.25, 0.3) is 0 Å². The number of hydrogen-bond donors (Lipinski definition) is 1. The number of nitrogens with one attached hydrogen (secondary N) is 1. The minimum atomic E-state index is -0.499. The SMILES string of the molecule is CNC(=O)[C@@]1(Cc2ccccc2-c2cncnc2)CCCN(Cc2ccccc2OC)C1. The number of amides is 1. The number of ether oxygens (including phenoxy) is 1. The fourth-order valence-corrected chi connectivity index (χ4v) is 4.87. The summed E-state index contributed by atoms with van der Waals surface area (Å²) in [5, 5.41) is 2.95. The molecule has 6 heteroatoms.